The molecule has 6 fully saturated rings. The van der Waals surface area contributed by atoms with Crippen LogP contribution >= 0.6 is 0 Å². The first-order valence-corrected chi connectivity index (χ1v) is 20.1. The summed E-state index contributed by atoms with van der Waals surface area (Å²) in [5.41, 5.74) is -0.833. The average molecular weight is 643 g/mol. The summed E-state index contributed by atoms with van der Waals surface area (Å²) in [5, 5.41) is 47.2. The van der Waals surface area contributed by atoms with E-state index in [1.165, 1.54) is 57.8 Å². The van der Waals surface area contributed by atoms with Crippen molar-refractivity contribution in [2.45, 2.75) is 170 Å². The highest BCUT2D eigenvalue weighted by Crippen LogP contribution is 2.73. The predicted molar refractivity (Wildman–Crippen MR) is 188 cm³/mol. The molecule has 0 bridgehead atoms. The van der Waals surface area contributed by atoms with E-state index in [-0.39, 0.29) is 46.0 Å². The second-order valence-corrected chi connectivity index (χ2v) is 20.5. The summed E-state index contributed by atoms with van der Waals surface area (Å²) < 4.78 is 0. The largest absolute Gasteiger partial charge is 0.393 e. The van der Waals surface area contributed by atoms with Gasteiger partial charge in [0.1, 0.15) is 0 Å². The summed E-state index contributed by atoms with van der Waals surface area (Å²) in [7, 11) is 0. The second-order valence-electron chi connectivity index (χ2n) is 20.5. The number of rotatable bonds is 5. The van der Waals surface area contributed by atoms with Crippen LogP contribution in [0.3, 0.4) is 0 Å². The smallest absolute Gasteiger partial charge is 0.0656 e. The van der Waals surface area contributed by atoms with E-state index < -0.39 is 17.8 Å². The molecule has 4 N–H and O–H groups in total. The van der Waals surface area contributed by atoms with Gasteiger partial charge < -0.3 is 20.4 Å². The van der Waals surface area contributed by atoms with Crippen LogP contribution in [0, 0.1) is 93.2 Å². The molecule has 6 aliphatic carbocycles. The van der Waals surface area contributed by atoms with Crippen LogP contribution in [0.2, 0.25) is 0 Å². The number of fused-ring (bicyclic) bond motifs is 3. The first-order chi connectivity index (χ1) is 21.4. The average Bonchev–Trinajstić information content (AvgIpc) is 3.29. The van der Waals surface area contributed by atoms with Gasteiger partial charge in [0.25, 0.3) is 0 Å². The lowest BCUT2D eigenvalue weighted by atomic mass is 9.34. The molecule has 0 aromatic carbocycles. The Bertz CT molecular complexity index is 1070. The molecule has 0 heterocycles. The molecular weight excluding hydrogens is 568 g/mol. The second kappa shape index (κ2) is 12.3. The molecule has 0 amide bonds. The van der Waals surface area contributed by atoms with Crippen LogP contribution in [-0.4, -0.2) is 44.3 Å². The molecule has 0 aromatic rings. The Morgan fingerprint density at radius 2 is 1.35 bits per heavy atom. The molecule has 266 valence electrons. The van der Waals surface area contributed by atoms with Crippen LogP contribution in [0.25, 0.3) is 0 Å². The Labute approximate surface area is 283 Å². The number of aliphatic hydroxyl groups is 4. The van der Waals surface area contributed by atoms with E-state index in [0.29, 0.717) is 47.3 Å². The van der Waals surface area contributed by atoms with Crippen molar-refractivity contribution in [3.05, 3.63) is 0 Å². The molecule has 6 saturated carbocycles. The quantitative estimate of drug-likeness (QED) is 0.242. The molecule has 6 aliphatic rings. The van der Waals surface area contributed by atoms with Gasteiger partial charge in [-0.2, -0.15) is 0 Å². The van der Waals surface area contributed by atoms with E-state index in [1.54, 1.807) is 0 Å². The third-order valence-electron chi connectivity index (χ3n) is 17.7. The van der Waals surface area contributed by atoms with Crippen LogP contribution in [-0.2, 0) is 0 Å². The van der Waals surface area contributed by atoms with E-state index >= 15 is 0 Å². The SMILES string of the molecule is CC(O)C1C(C)CC2(C)CC3(C)CC4C(C5CCC(CC(C)(O)C6C(C)CCC6C)CC5)CCC(C)C4C(O)C3C(C)C2(C)C1O. The van der Waals surface area contributed by atoms with Crippen molar-refractivity contribution < 1.29 is 20.4 Å². The van der Waals surface area contributed by atoms with Gasteiger partial charge >= 0.3 is 0 Å². The molecule has 0 aromatic heterocycles. The van der Waals surface area contributed by atoms with E-state index in [4.69, 9.17) is 0 Å². The van der Waals surface area contributed by atoms with Gasteiger partial charge in [-0.25, -0.2) is 0 Å². The predicted octanol–water partition coefficient (Wildman–Crippen LogP) is 8.73. The fraction of sp³-hybridized carbons (Fsp3) is 1.00. The van der Waals surface area contributed by atoms with Crippen LogP contribution < -0.4 is 0 Å². The van der Waals surface area contributed by atoms with Crippen molar-refractivity contribution in [1.29, 1.82) is 0 Å². The maximum atomic E-state index is 12.6. The maximum absolute atomic E-state index is 12.6. The zero-order chi connectivity index (χ0) is 33.7. The molecule has 4 nitrogen and oxygen atoms in total. The molecule has 17 unspecified atom stereocenters. The normalized spacial score (nSPS) is 57.9. The minimum atomic E-state index is -0.557. The Balaban J connectivity index is 1.20. The summed E-state index contributed by atoms with van der Waals surface area (Å²) in [6.07, 6.45) is 13.1. The topological polar surface area (TPSA) is 80.9 Å². The van der Waals surface area contributed by atoms with Gasteiger partial charge in [0.2, 0.25) is 0 Å². The van der Waals surface area contributed by atoms with Gasteiger partial charge in [0, 0.05) is 11.3 Å². The van der Waals surface area contributed by atoms with Gasteiger partial charge in [0.15, 0.2) is 0 Å². The third-order valence-corrected chi connectivity index (χ3v) is 17.7. The summed E-state index contributed by atoms with van der Waals surface area (Å²) in [5.74, 6) is 5.82. The Kier molecular flexibility index (Phi) is 9.50. The molecule has 46 heavy (non-hydrogen) atoms. The Morgan fingerprint density at radius 3 is 1.93 bits per heavy atom. The first kappa shape index (κ1) is 35.7. The van der Waals surface area contributed by atoms with Gasteiger partial charge in [0.05, 0.1) is 23.9 Å². The van der Waals surface area contributed by atoms with Crippen LogP contribution in [0.1, 0.15) is 146 Å². The monoisotopic (exact) mass is 643 g/mol. The molecule has 0 aliphatic heterocycles. The summed E-state index contributed by atoms with van der Waals surface area (Å²) in [4.78, 5) is 0. The summed E-state index contributed by atoms with van der Waals surface area (Å²) in [6, 6.07) is 0. The highest BCUT2D eigenvalue weighted by Gasteiger charge is 2.70. The number of hydrogen-bond donors (Lipinski definition) is 4. The van der Waals surface area contributed by atoms with E-state index in [2.05, 4.69) is 62.3 Å². The van der Waals surface area contributed by atoms with Crippen molar-refractivity contribution in [1.82, 2.24) is 0 Å². The fourth-order valence-electron chi connectivity index (χ4n) is 15.9. The van der Waals surface area contributed by atoms with E-state index in [9.17, 15) is 20.4 Å². The Hall–Kier alpha value is -0.160. The third kappa shape index (κ3) is 5.42. The van der Waals surface area contributed by atoms with Crippen LogP contribution in [0.5, 0.6) is 0 Å². The van der Waals surface area contributed by atoms with Crippen molar-refractivity contribution in [2.75, 3.05) is 0 Å². The molecule has 0 saturated heterocycles. The molecule has 0 radical (unpaired) electrons. The van der Waals surface area contributed by atoms with Gasteiger partial charge in [-0.05, 0) is 141 Å². The van der Waals surface area contributed by atoms with Crippen molar-refractivity contribution in [3.8, 4) is 0 Å². The Morgan fingerprint density at radius 1 is 0.761 bits per heavy atom. The highest BCUT2D eigenvalue weighted by atomic mass is 16.3. The zero-order valence-corrected chi connectivity index (χ0v) is 31.5. The zero-order valence-electron chi connectivity index (χ0n) is 31.5. The first-order valence-electron chi connectivity index (χ1n) is 20.1. The lowest BCUT2D eigenvalue weighted by Crippen LogP contribution is -2.70. The fourth-order valence-corrected chi connectivity index (χ4v) is 15.9. The van der Waals surface area contributed by atoms with E-state index in [1.807, 2.05) is 6.92 Å². The van der Waals surface area contributed by atoms with Gasteiger partial charge in [-0.1, -0.05) is 87.5 Å². The number of hydrogen-bond acceptors (Lipinski definition) is 4. The standard InChI is InChI=1S/C42H74O4/c1-23-13-18-31(30-16-14-29(15-17-30)20-41(9,46)35-24(2)11-12-25(35)3)32-21-39(7)22-40(8)19-26(4)33(28(6)43)38(45)42(40,10)27(5)36(39)37(44)34(23)32/h23-38,43-46H,11-22H2,1-10H3. The molecular formula is C42H74O4. The van der Waals surface area contributed by atoms with Crippen molar-refractivity contribution in [3.63, 3.8) is 0 Å². The highest BCUT2D eigenvalue weighted by molar-refractivity contribution is 5.18. The molecule has 17 atom stereocenters. The minimum absolute atomic E-state index is 0.0203. The molecule has 6 rings (SSSR count). The number of aliphatic hydroxyl groups excluding tert-OH is 3. The van der Waals surface area contributed by atoms with Crippen molar-refractivity contribution >= 4 is 0 Å². The summed E-state index contributed by atoms with van der Waals surface area (Å²) in [6.45, 7) is 23.1. The molecule has 4 heteroatoms. The van der Waals surface area contributed by atoms with Gasteiger partial charge in [-0.15, -0.1) is 0 Å². The lowest BCUT2D eigenvalue weighted by molar-refractivity contribution is -0.280. The summed E-state index contributed by atoms with van der Waals surface area (Å²) >= 11 is 0. The van der Waals surface area contributed by atoms with Crippen LogP contribution in [0.15, 0.2) is 0 Å². The van der Waals surface area contributed by atoms with Crippen LogP contribution in [0.4, 0.5) is 0 Å². The molecule has 0 spiro atoms. The van der Waals surface area contributed by atoms with Gasteiger partial charge in [-0.3, -0.25) is 0 Å². The van der Waals surface area contributed by atoms with E-state index in [0.717, 1.165) is 25.2 Å². The maximum Gasteiger partial charge on any atom is 0.0656 e. The lowest BCUT2D eigenvalue weighted by Gasteiger charge is -2.72. The van der Waals surface area contributed by atoms with Crippen molar-refractivity contribution in [2.24, 2.45) is 93.2 Å². The minimum Gasteiger partial charge on any atom is -0.393 e.